The van der Waals surface area contributed by atoms with Crippen LogP contribution < -0.4 is 11.3 Å². The summed E-state index contributed by atoms with van der Waals surface area (Å²) >= 11 is 0. The molecule has 20 heavy (non-hydrogen) atoms. The number of hydrogen-bond donors (Lipinski definition) is 2. The molecule has 3 heteroatoms. The van der Waals surface area contributed by atoms with Crippen LogP contribution >= 0.6 is 0 Å². The maximum absolute atomic E-state index is 5.87. The van der Waals surface area contributed by atoms with Gasteiger partial charge in [-0.15, -0.1) is 0 Å². The first-order valence-electron chi connectivity index (χ1n) is 8.84. The standard InChI is InChI=1S/C17H37N3/c1-4-5-6-7-10-13-16(19-18)17(2,3)20-14-11-8-9-12-15-20/h16,19H,4-15,18H2,1-3H3. The van der Waals surface area contributed by atoms with Gasteiger partial charge in [0.1, 0.15) is 0 Å². The summed E-state index contributed by atoms with van der Waals surface area (Å²) in [7, 11) is 0. The van der Waals surface area contributed by atoms with Crippen LogP contribution in [-0.2, 0) is 0 Å². The molecule has 0 aliphatic carbocycles. The van der Waals surface area contributed by atoms with Gasteiger partial charge in [-0.25, -0.2) is 0 Å². The Morgan fingerprint density at radius 1 is 1.00 bits per heavy atom. The first-order chi connectivity index (χ1) is 9.62. The van der Waals surface area contributed by atoms with Crippen molar-refractivity contribution in [1.29, 1.82) is 0 Å². The Bertz CT molecular complexity index is 232. The van der Waals surface area contributed by atoms with Gasteiger partial charge < -0.3 is 0 Å². The van der Waals surface area contributed by atoms with E-state index in [-0.39, 0.29) is 5.54 Å². The quantitative estimate of drug-likeness (QED) is 0.384. The molecule has 1 atom stereocenters. The van der Waals surface area contributed by atoms with E-state index in [2.05, 4.69) is 31.1 Å². The topological polar surface area (TPSA) is 41.3 Å². The normalized spacial score (nSPS) is 19.8. The van der Waals surface area contributed by atoms with E-state index in [0.717, 1.165) is 0 Å². The van der Waals surface area contributed by atoms with Gasteiger partial charge in [0.2, 0.25) is 0 Å². The second-order valence-electron chi connectivity index (χ2n) is 6.98. The molecular formula is C17H37N3. The van der Waals surface area contributed by atoms with Crippen LogP contribution in [0, 0.1) is 0 Å². The molecule has 0 aromatic heterocycles. The highest BCUT2D eigenvalue weighted by molar-refractivity contribution is 4.93. The largest absolute Gasteiger partial charge is 0.297 e. The Morgan fingerprint density at radius 3 is 2.15 bits per heavy atom. The van der Waals surface area contributed by atoms with Gasteiger partial charge in [-0.2, -0.15) is 0 Å². The first-order valence-corrected chi connectivity index (χ1v) is 8.84. The minimum Gasteiger partial charge on any atom is -0.297 e. The van der Waals surface area contributed by atoms with Crippen molar-refractivity contribution >= 4 is 0 Å². The van der Waals surface area contributed by atoms with E-state index in [0.29, 0.717) is 6.04 Å². The van der Waals surface area contributed by atoms with Crippen LogP contribution in [0.15, 0.2) is 0 Å². The monoisotopic (exact) mass is 283 g/mol. The average molecular weight is 284 g/mol. The number of nitrogens with zero attached hydrogens (tertiary/aromatic N) is 1. The Labute approximate surface area is 126 Å². The summed E-state index contributed by atoms with van der Waals surface area (Å²) in [5.41, 5.74) is 3.28. The number of nitrogens with two attached hydrogens (primary N) is 1. The van der Waals surface area contributed by atoms with Crippen molar-refractivity contribution in [3.63, 3.8) is 0 Å². The van der Waals surface area contributed by atoms with Crippen molar-refractivity contribution in [3.05, 3.63) is 0 Å². The zero-order valence-electron chi connectivity index (χ0n) is 14.1. The zero-order valence-corrected chi connectivity index (χ0v) is 14.1. The highest BCUT2D eigenvalue weighted by Crippen LogP contribution is 2.26. The first kappa shape index (κ1) is 17.9. The third-order valence-electron chi connectivity index (χ3n) is 5.07. The number of nitrogens with one attached hydrogen (secondary N) is 1. The van der Waals surface area contributed by atoms with Crippen LogP contribution in [0.3, 0.4) is 0 Å². The molecule has 1 aliphatic heterocycles. The summed E-state index contributed by atoms with van der Waals surface area (Å²) in [5.74, 6) is 5.87. The van der Waals surface area contributed by atoms with Crippen molar-refractivity contribution in [2.24, 2.45) is 5.84 Å². The molecular weight excluding hydrogens is 246 g/mol. The van der Waals surface area contributed by atoms with Gasteiger partial charge in [0.25, 0.3) is 0 Å². The van der Waals surface area contributed by atoms with E-state index < -0.39 is 0 Å². The summed E-state index contributed by atoms with van der Waals surface area (Å²) in [5, 5.41) is 0. The van der Waals surface area contributed by atoms with Crippen LogP contribution in [-0.4, -0.2) is 29.6 Å². The molecule has 0 bridgehead atoms. The van der Waals surface area contributed by atoms with Crippen molar-refractivity contribution in [2.75, 3.05) is 13.1 Å². The van der Waals surface area contributed by atoms with E-state index in [1.165, 1.54) is 77.3 Å². The molecule has 0 amide bonds. The van der Waals surface area contributed by atoms with Crippen LogP contribution in [0.2, 0.25) is 0 Å². The second kappa shape index (κ2) is 9.75. The summed E-state index contributed by atoms with van der Waals surface area (Å²) in [6.45, 7) is 9.48. The maximum atomic E-state index is 5.87. The Hall–Kier alpha value is -0.120. The summed E-state index contributed by atoms with van der Waals surface area (Å²) < 4.78 is 0. The lowest BCUT2D eigenvalue weighted by Crippen LogP contribution is -2.59. The maximum Gasteiger partial charge on any atom is 0.0389 e. The molecule has 1 saturated heterocycles. The van der Waals surface area contributed by atoms with Gasteiger partial charge in [0.05, 0.1) is 0 Å². The van der Waals surface area contributed by atoms with Gasteiger partial charge in [-0.05, 0) is 46.2 Å². The van der Waals surface area contributed by atoms with Crippen molar-refractivity contribution in [1.82, 2.24) is 10.3 Å². The van der Waals surface area contributed by atoms with Crippen LogP contribution in [0.25, 0.3) is 0 Å². The van der Waals surface area contributed by atoms with Gasteiger partial charge in [-0.1, -0.05) is 51.9 Å². The van der Waals surface area contributed by atoms with Crippen molar-refractivity contribution in [3.8, 4) is 0 Å². The van der Waals surface area contributed by atoms with E-state index in [1.54, 1.807) is 0 Å². The minimum absolute atomic E-state index is 0.170. The fraction of sp³-hybridized carbons (Fsp3) is 1.00. The second-order valence-corrected chi connectivity index (χ2v) is 6.98. The summed E-state index contributed by atoms with van der Waals surface area (Å²) in [6.07, 6.45) is 13.4. The lowest BCUT2D eigenvalue weighted by atomic mass is 9.88. The lowest BCUT2D eigenvalue weighted by Gasteiger charge is -2.43. The Balaban J connectivity index is 2.43. The smallest absolute Gasteiger partial charge is 0.0389 e. The molecule has 0 spiro atoms. The predicted octanol–water partition coefficient (Wildman–Crippen LogP) is 3.83. The fourth-order valence-electron chi connectivity index (χ4n) is 3.46. The number of hydrazine groups is 1. The van der Waals surface area contributed by atoms with Crippen LogP contribution in [0.5, 0.6) is 0 Å². The van der Waals surface area contributed by atoms with Gasteiger partial charge >= 0.3 is 0 Å². The molecule has 120 valence electrons. The van der Waals surface area contributed by atoms with Gasteiger partial charge in [0, 0.05) is 11.6 Å². The van der Waals surface area contributed by atoms with Crippen LogP contribution in [0.1, 0.15) is 85.0 Å². The molecule has 1 aliphatic rings. The lowest BCUT2D eigenvalue weighted by molar-refractivity contribution is 0.0789. The Morgan fingerprint density at radius 2 is 1.60 bits per heavy atom. The molecule has 0 radical (unpaired) electrons. The van der Waals surface area contributed by atoms with Crippen LogP contribution in [0.4, 0.5) is 0 Å². The highest BCUT2D eigenvalue weighted by atomic mass is 15.3. The molecule has 3 N–H and O–H groups in total. The van der Waals surface area contributed by atoms with E-state index in [1.807, 2.05) is 0 Å². The molecule has 0 aromatic rings. The van der Waals surface area contributed by atoms with E-state index >= 15 is 0 Å². The molecule has 1 fully saturated rings. The average Bonchev–Trinajstić information content (AvgIpc) is 2.72. The molecule has 0 aromatic carbocycles. The van der Waals surface area contributed by atoms with Gasteiger partial charge in [-0.3, -0.25) is 16.2 Å². The Kier molecular flexibility index (Phi) is 8.74. The number of rotatable bonds is 9. The van der Waals surface area contributed by atoms with Crippen molar-refractivity contribution in [2.45, 2.75) is 96.6 Å². The number of unbranched alkanes of at least 4 members (excludes halogenated alkanes) is 4. The molecule has 1 heterocycles. The van der Waals surface area contributed by atoms with E-state index in [4.69, 9.17) is 5.84 Å². The zero-order chi connectivity index (χ0) is 14.8. The molecule has 0 saturated carbocycles. The molecule has 3 nitrogen and oxygen atoms in total. The third-order valence-corrected chi connectivity index (χ3v) is 5.07. The summed E-state index contributed by atoms with van der Waals surface area (Å²) in [4.78, 5) is 2.66. The van der Waals surface area contributed by atoms with Crippen molar-refractivity contribution < 1.29 is 0 Å². The SMILES string of the molecule is CCCCCCCC(NN)C(C)(C)N1CCCCCC1. The van der Waals surface area contributed by atoms with E-state index in [9.17, 15) is 0 Å². The third kappa shape index (κ3) is 5.71. The minimum atomic E-state index is 0.170. The predicted molar refractivity (Wildman–Crippen MR) is 88.6 cm³/mol. The fourth-order valence-corrected chi connectivity index (χ4v) is 3.46. The summed E-state index contributed by atoms with van der Waals surface area (Å²) in [6, 6.07) is 0.405. The number of likely N-dealkylation sites (tertiary alicyclic amines) is 1. The molecule has 1 rings (SSSR count). The molecule has 1 unspecified atom stereocenters. The highest BCUT2D eigenvalue weighted by Gasteiger charge is 2.34. The van der Waals surface area contributed by atoms with Gasteiger partial charge in [0.15, 0.2) is 0 Å². The number of hydrogen-bond acceptors (Lipinski definition) is 3.